The van der Waals surface area contributed by atoms with Gasteiger partial charge in [0.1, 0.15) is 0 Å². The maximum Gasteiger partial charge on any atom is 0.220 e. The number of aliphatic hydroxyl groups is 1. The molecule has 0 aliphatic carbocycles. The predicted octanol–water partition coefficient (Wildman–Crippen LogP) is -0.689. The molecule has 1 amide bonds. The van der Waals surface area contributed by atoms with Crippen molar-refractivity contribution in [1.29, 1.82) is 0 Å². The first-order valence-corrected chi connectivity index (χ1v) is 6.64. The summed E-state index contributed by atoms with van der Waals surface area (Å²) < 4.78 is 0. The van der Waals surface area contributed by atoms with Gasteiger partial charge in [-0.25, -0.2) is 0 Å². The maximum atomic E-state index is 11.1. The van der Waals surface area contributed by atoms with Crippen LogP contribution in [-0.4, -0.2) is 60.8 Å². The van der Waals surface area contributed by atoms with Gasteiger partial charge in [-0.3, -0.25) is 9.69 Å². The van der Waals surface area contributed by atoms with Crippen LogP contribution in [0.5, 0.6) is 0 Å². The maximum absolute atomic E-state index is 11.1. The Bertz CT molecular complexity index is 254. The lowest BCUT2D eigenvalue weighted by molar-refractivity contribution is -0.119. The van der Waals surface area contributed by atoms with E-state index < -0.39 is 0 Å². The number of nitrogens with one attached hydrogen (secondary N) is 2. The van der Waals surface area contributed by atoms with E-state index in [-0.39, 0.29) is 18.6 Å². The average Bonchev–Trinajstić information content (AvgIpc) is 2.91. The fraction of sp³-hybridized carbons (Fsp3) is 0.917. The highest BCUT2D eigenvalue weighted by Crippen LogP contribution is 2.11. The van der Waals surface area contributed by atoms with Crippen molar-refractivity contribution in [3.8, 4) is 0 Å². The Morgan fingerprint density at radius 1 is 1.29 bits per heavy atom. The summed E-state index contributed by atoms with van der Waals surface area (Å²) in [7, 11) is 0. The van der Waals surface area contributed by atoms with Crippen molar-refractivity contribution in [1.82, 2.24) is 15.5 Å². The summed E-state index contributed by atoms with van der Waals surface area (Å²) in [6.45, 7) is 3.84. The monoisotopic (exact) mass is 241 g/mol. The van der Waals surface area contributed by atoms with Crippen molar-refractivity contribution < 1.29 is 9.90 Å². The lowest BCUT2D eigenvalue weighted by Crippen LogP contribution is -2.45. The predicted molar refractivity (Wildman–Crippen MR) is 65.7 cm³/mol. The minimum Gasteiger partial charge on any atom is -0.395 e. The molecule has 0 aromatic rings. The standard InChI is InChI=1S/C12H23N3O2/c16-7-6-15(8-10-2-1-5-13-10)9-11-3-4-12(17)14-11/h10-11,13,16H,1-9H2,(H,14,17). The fourth-order valence-corrected chi connectivity index (χ4v) is 2.75. The molecule has 0 bridgehead atoms. The molecule has 2 unspecified atom stereocenters. The quantitative estimate of drug-likeness (QED) is 0.576. The van der Waals surface area contributed by atoms with Gasteiger partial charge in [-0.05, 0) is 25.8 Å². The van der Waals surface area contributed by atoms with Crippen molar-refractivity contribution in [2.75, 3.05) is 32.8 Å². The lowest BCUT2D eigenvalue weighted by atomic mass is 10.1. The molecule has 5 heteroatoms. The molecule has 0 aromatic heterocycles. The molecule has 0 spiro atoms. The Hall–Kier alpha value is -0.650. The molecule has 3 N–H and O–H groups in total. The first kappa shape index (κ1) is 12.8. The van der Waals surface area contributed by atoms with Crippen LogP contribution < -0.4 is 10.6 Å². The fourth-order valence-electron chi connectivity index (χ4n) is 2.75. The van der Waals surface area contributed by atoms with E-state index in [4.69, 9.17) is 5.11 Å². The topological polar surface area (TPSA) is 64.6 Å². The van der Waals surface area contributed by atoms with Gasteiger partial charge in [-0.2, -0.15) is 0 Å². The summed E-state index contributed by atoms with van der Waals surface area (Å²) in [5, 5.41) is 15.5. The highest BCUT2D eigenvalue weighted by molar-refractivity contribution is 5.78. The van der Waals surface area contributed by atoms with Gasteiger partial charge in [0.05, 0.1) is 6.61 Å². The van der Waals surface area contributed by atoms with Gasteiger partial charge in [0.25, 0.3) is 0 Å². The van der Waals surface area contributed by atoms with Gasteiger partial charge in [-0.15, -0.1) is 0 Å². The zero-order chi connectivity index (χ0) is 12.1. The minimum absolute atomic E-state index is 0.165. The summed E-state index contributed by atoms with van der Waals surface area (Å²) in [6, 6.07) is 0.828. The highest BCUT2D eigenvalue weighted by atomic mass is 16.3. The Labute approximate surface area is 103 Å². The molecule has 17 heavy (non-hydrogen) atoms. The average molecular weight is 241 g/mol. The summed E-state index contributed by atoms with van der Waals surface area (Å²) in [4.78, 5) is 13.4. The van der Waals surface area contributed by atoms with Crippen LogP contribution in [0.25, 0.3) is 0 Å². The van der Waals surface area contributed by atoms with E-state index in [2.05, 4.69) is 15.5 Å². The van der Waals surface area contributed by atoms with Crippen molar-refractivity contribution in [2.24, 2.45) is 0 Å². The van der Waals surface area contributed by atoms with Gasteiger partial charge >= 0.3 is 0 Å². The second-order valence-corrected chi connectivity index (χ2v) is 5.08. The van der Waals surface area contributed by atoms with E-state index in [1.54, 1.807) is 0 Å². The number of hydrogen-bond donors (Lipinski definition) is 3. The SMILES string of the molecule is O=C1CCC(CN(CCO)CC2CCCN2)N1. The van der Waals surface area contributed by atoms with Gasteiger partial charge in [-0.1, -0.05) is 0 Å². The van der Waals surface area contributed by atoms with E-state index in [0.717, 1.165) is 26.1 Å². The Morgan fingerprint density at radius 3 is 2.71 bits per heavy atom. The van der Waals surface area contributed by atoms with Crippen molar-refractivity contribution >= 4 is 5.91 Å². The van der Waals surface area contributed by atoms with Crippen LogP contribution in [0.4, 0.5) is 0 Å². The third-order valence-electron chi connectivity index (χ3n) is 3.62. The van der Waals surface area contributed by atoms with E-state index >= 15 is 0 Å². The number of carbonyl (C=O) groups excluding carboxylic acids is 1. The van der Waals surface area contributed by atoms with Gasteiger partial charge in [0, 0.05) is 38.1 Å². The van der Waals surface area contributed by atoms with E-state index in [0.29, 0.717) is 19.0 Å². The molecule has 2 fully saturated rings. The van der Waals surface area contributed by atoms with Crippen molar-refractivity contribution in [3.63, 3.8) is 0 Å². The van der Waals surface area contributed by atoms with Crippen LogP contribution in [0.1, 0.15) is 25.7 Å². The Morgan fingerprint density at radius 2 is 2.12 bits per heavy atom. The van der Waals surface area contributed by atoms with Gasteiger partial charge in [0.15, 0.2) is 0 Å². The number of amides is 1. The molecule has 2 heterocycles. The van der Waals surface area contributed by atoms with Gasteiger partial charge in [0.2, 0.25) is 5.91 Å². The van der Waals surface area contributed by atoms with Crippen LogP contribution in [0.3, 0.4) is 0 Å². The van der Waals surface area contributed by atoms with Crippen LogP contribution in [0.2, 0.25) is 0 Å². The second kappa shape index (κ2) is 6.33. The number of carbonyl (C=O) groups is 1. The first-order chi connectivity index (χ1) is 8.28. The summed E-state index contributed by atoms with van der Waals surface area (Å²) in [5.74, 6) is 0.165. The molecule has 2 aliphatic rings. The Kier molecular flexibility index (Phi) is 4.76. The molecule has 5 nitrogen and oxygen atoms in total. The molecular formula is C12H23N3O2. The molecule has 0 saturated carbocycles. The first-order valence-electron chi connectivity index (χ1n) is 6.64. The van der Waals surface area contributed by atoms with Crippen LogP contribution >= 0.6 is 0 Å². The zero-order valence-electron chi connectivity index (χ0n) is 10.3. The van der Waals surface area contributed by atoms with E-state index in [1.807, 2.05) is 0 Å². The second-order valence-electron chi connectivity index (χ2n) is 5.08. The molecular weight excluding hydrogens is 218 g/mol. The summed E-state index contributed by atoms with van der Waals surface area (Å²) >= 11 is 0. The number of rotatable bonds is 6. The van der Waals surface area contributed by atoms with Crippen LogP contribution in [-0.2, 0) is 4.79 Å². The molecule has 0 radical (unpaired) electrons. The number of hydrogen-bond acceptors (Lipinski definition) is 4. The summed E-state index contributed by atoms with van der Waals surface area (Å²) in [5.41, 5.74) is 0. The molecule has 2 aliphatic heterocycles. The number of nitrogens with zero attached hydrogens (tertiary/aromatic N) is 1. The van der Waals surface area contributed by atoms with Crippen molar-refractivity contribution in [2.45, 2.75) is 37.8 Å². The van der Waals surface area contributed by atoms with Crippen LogP contribution in [0.15, 0.2) is 0 Å². The molecule has 2 atom stereocenters. The lowest BCUT2D eigenvalue weighted by Gasteiger charge is -2.27. The largest absolute Gasteiger partial charge is 0.395 e. The van der Waals surface area contributed by atoms with Crippen LogP contribution in [0, 0.1) is 0 Å². The highest BCUT2D eigenvalue weighted by Gasteiger charge is 2.24. The minimum atomic E-state index is 0.165. The Balaban J connectivity index is 1.76. The third kappa shape index (κ3) is 3.94. The van der Waals surface area contributed by atoms with E-state index in [1.165, 1.54) is 12.8 Å². The normalized spacial score (nSPS) is 28.9. The molecule has 98 valence electrons. The smallest absolute Gasteiger partial charge is 0.220 e. The van der Waals surface area contributed by atoms with Crippen molar-refractivity contribution in [3.05, 3.63) is 0 Å². The molecule has 0 aromatic carbocycles. The van der Waals surface area contributed by atoms with E-state index in [9.17, 15) is 4.79 Å². The molecule has 2 saturated heterocycles. The van der Waals surface area contributed by atoms with Gasteiger partial charge < -0.3 is 15.7 Å². The number of aliphatic hydroxyl groups excluding tert-OH is 1. The summed E-state index contributed by atoms with van der Waals surface area (Å²) in [6.07, 6.45) is 4.05. The zero-order valence-corrected chi connectivity index (χ0v) is 10.3. The third-order valence-corrected chi connectivity index (χ3v) is 3.62. The molecule has 2 rings (SSSR count).